The number of hydrogen-bond acceptors (Lipinski definition) is 3. The summed E-state index contributed by atoms with van der Waals surface area (Å²) in [6, 6.07) is 22.3. The van der Waals surface area contributed by atoms with Gasteiger partial charge in [-0.25, -0.2) is 0 Å². The number of rotatable bonds is 5. The van der Waals surface area contributed by atoms with Crippen LogP contribution >= 0.6 is 0 Å². The van der Waals surface area contributed by atoms with Gasteiger partial charge in [-0.1, -0.05) is 82.3 Å². The summed E-state index contributed by atoms with van der Waals surface area (Å²) in [4.78, 5) is 0. The SMILES string of the molecule is CC1C=C(C(C)(C)c2ccc(O)cc2)C=CC1C(C)(c1ccc(O)cc1)c1ccc(O)cc1. The maximum atomic E-state index is 9.87. The van der Waals surface area contributed by atoms with Crippen LogP contribution in [-0.4, -0.2) is 15.3 Å². The molecule has 0 amide bonds. The molecule has 4 rings (SSSR count). The van der Waals surface area contributed by atoms with Crippen LogP contribution in [0.25, 0.3) is 0 Å². The molecule has 1 aliphatic rings. The highest BCUT2D eigenvalue weighted by atomic mass is 16.3. The normalized spacial score (nSPS) is 18.7. The molecule has 3 heteroatoms. The Morgan fingerprint density at radius 2 is 1.00 bits per heavy atom. The summed E-state index contributed by atoms with van der Waals surface area (Å²) in [7, 11) is 0. The average Bonchev–Trinajstić information content (AvgIpc) is 2.79. The lowest BCUT2D eigenvalue weighted by molar-refractivity contribution is 0.338. The van der Waals surface area contributed by atoms with E-state index >= 15 is 0 Å². The van der Waals surface area contributed by atoms with Crippen LogP contribution in [0.5, 0.6) is 17.2 Å². The van der Waals surface area contributed by atoms with Crippen molar-refractivity contribution in [2.24, 2.45) is 11.8 Å². The monoisotopic (exact) mass is 440 g/mol. The highest BCUT2D eigenvalue weighted by Gasteiger charge is 2.41. The van der Waals surface area contributed by atoms with Crippen LogP contribution in [0.2, 0.25) is 0 Å². The van der Waals surface area contributed by atoms with E-state index in [9.17, 15) is 15.3 Å². The molecule has 3 aromatic carbocycles. The molecule has 0 bridgehead atoms. The van der Waals surface area contributed by atoms with Crippen molar-refractivity contribution in [2.45, 2.75) is 38.5 Å². The second-order valence-corrected chi connectivity index (χ2v) is 9.83. The van der Waals surface area contributed by atoms with Crippen molar-refractivity contribution in [1.82, 2.24) is 0 Å². The molecule has 1 aliphatic carbocycles. The summed E-state index contributed by atoms with van der Waals surface area (Å²) < 4.78 is 0. The lowest BCUT2D eigenvalue weighted by Gasteiger charge is -2.43. The van der Waals surface area contributed by atoms with Gasteiger partial charge in [-0.15, -0.1) is 0 Å². The number of allylic oxidation sites excluding steroid dienone is 4. The van der Waals surface area contributed by atoms with Gasteiger partial charge in [0.1, 0.15) is 17.2 Å². The molecule has 3 N–H and O–H groups in total. The van der Waals surface area contributed by atoms with Crippen molar-refractivity contribution in [3.05, 3.63) is 113 Å². The predicted molar refractivity (Wildman–Crippen MR) is 134 cm³/mol. The van der Waals surface area contributed by atoms with Crippen LogP contribution in [0.3, 0.4) is 0 Å². The van der Waals surface area contributed by atoms with Crippen LogP contribution in [0.15, 0.2) is 96.6 Å². The molecule has 0 saturated heterocycles. The second kappa shape index (κ2) is 8.47. The van der Waals surface area contributed by atoms with Gasteiger partial charge in [0.2, 0.25) is 0 Å². The van der Waals surface area contributed by atoms with E-state index in [2.05, 4.69) is 45.9 Å². The minimum atomic E-state index is -0.359. The zero-order valence-corrected chi connectivity index (χ0v) is 19.7. The van der Waals surface area contributed by atoms with E-state index < -0.39 is 0 Å². The minimum absolute atomic E-state index is 0.172. The molecule has 0 aliphatic heterocycles. The Morgan fingerprint density at radius 3 is 1.39 bits per heavy atom. The molecule has 2 atom stereocenters. The topological polar surface area (TPSA) is 60.7 Å². The Balaban J connectivity index is 1.75. The van der Waals surface area contributed by atoms with E-state index in [0.29, 0.717) is 0 Å². The third kappa shape index (κ3) is 4.16. The molecule has 3 aromatic rings. The number of hydrogen-bond donors (Lipinski definition) is 3. The highest BCUT2D eigenvalue weighted by Crippen LogP contribution is 2.47. The zero-order chi connectivity index (χ0) is 23.8. The number of benzene rings is 3. The first-order valence-corrected chi connectivity index (χ1v) is 11.4. The van der Waals surface area contributed by atoms with Crippen LogP contribution in [0.4, 0.5) is 0 Å². The number of phenolic OH excluding ortho intramolecular Hbond substituents is 3. The summed E-state index contributed by atoms with van der Waals surface area (Å²) in [5.74, 6) is 1.18. The summed E-state index contributed by atoms with van der Waals surface area (Å²) in [5.41, 5.74) is 4.07. The number of aromatic hydroxyl groups is 3. The van der Waals surface area contributed by atoms with Gasteiger partial charge in [0, 0.05) is 10.8 Å². The first kappa shape index (κ1) is 22.7. The Labute approximate surface area is 196 Å². The second-order valence-electron chi connectivity index (χ2n) is 9.83. The first-order valence-electron chi connectivity index (χ1n) is 11.4. The Morgan fingerprint density at radius 1 is 0.606 bits per heavy atom. The molecule has 0 heterocycles. The van der Waals surface area contributed by atoms with Crippen molar-refractivity contribution in [2.75, 3.05) is 0 Å². The van der Waals surface area contributed by atoms with Crippen LogP contribution < -0.4 is 0 Å². The van der Waals surface area contributed by atoms with Crippen molar-refractivity contribution in [3.8, 4) is 17.2 Å². The quantitative estimate of drug-likeness (QED) is 0.407. The van der Waals surface area contributed by atoms with Gasteiger partial charge in [-0.05, 0) is 70.5 Å². The summed E-state index contributed by atoms with van der Waals surface area (Å²) in [6.45, 7) is 8.91. The molecular formula is C30H32O3. The van der Waals surface area contributed by atoms with Crippen LogP contribution in [0.1, 0.15) is 44.4 Å². The lowest BCUT2D eigenvalue weighted by Crippen LogP contribution is -2.37. The van der Waals surface area contributed by atoms with Gasteiger partial charge in [0.15, 0.2) is 0 Å². The number of phenols is 3. The third-order valence-corrected chi connectivity index (χ3v) is 7.40. The Kier molecular flexibility index (Phi) is 5.84. The molecule has 0 spiro atoms. The highest BCUT2D eigenvalue weighted by molar-refractivity contribution is 5.48. The van der Waals surface area contributed by atoms with Gasteiger partial charge in [-0.2, -0.15) is 0 Å². The van der Waals surface area contributed by atoms with E-state index in [1.54, 1.807) is 36.4 Å². The van der Waals surface area contributed by atoms with Gasteiger partial charge in [0.05, 0.1) is 0 Å². The van der Waals surface area contributed by atoms with Gasteiger partial charge in [-0.3, -0.25) is 0 Å². The molecule has 170 valence electrons. The molecule has 0 fully saturated rings. The van der Waals surface area contributed by atoms with Crippen molar-refractivity contribution < 1.29 is 15.3 Å². The van der Waals surface area contributed by atoms with E-state index in [4.69, 9.17) is 0 Å². The fraction of sp³-hybridized carbons (Fsp3) is 0.267. The standard InChI is InChI=1S/C30H32O3/c1-20-19-24(29(2,3)21-5-12-25(31)13-6-21)11-18-28(20)30(4,22-7-14-26(32)15-8-22)23-9-16-27(33)17-10-23/h5-20,28,31-33H,1-4H3. The molecule has 2 unspecified atom stereocenters. The zero-order valence-electron chi connectivity index (χ0n) is 19.7. The summed E-state index contributed by atoms with van der Waals surface area (Å²) in [6.07, 6.45) is 6.90. The van der Waals surface area contributed by atoms with E-state index in [1.807, 2.05) is 36.4 Å². The fourth-order valence-electron chi connectivity index (χ4n) is 5.17. The van der Waals surface area contributed by atoms with E-state index in [-0.39, 0.29) is 39.9 Å². The summed E-state index contributed by atoms with van der Waals surface area (Å²) in [5, 5.41) is 29.4. The van der Waals surface area contributed by atoms with Crippen LogP contribution in [-0.2, 0) is 10.8 Å². The lowest BCUT2D eigenvalue weighted by atomic mass is 9.60. The first-order chi connectivity index (χ1) is 15.6. The molecular weight excluding hydrogens is 408 g/mol. The van der Waals surface area contributed by atoms with Gasteiger partial charge in [0.25, 0.3) is 0 Å². The molecule has 33 heavy (non-hydrogen) atoms. The Hall–Kier alpha value is -3.46. The molecule has 0 saturated carbocycles. The minimum Gasteiger partial charge on any atom is -0.508 e. The fourth-order valence-corrected chi connectivity index (χ4v) is 5.17. The predicted octanol–water partition coefficient (Wildman–Crippen LogP) is 6.84. The van der Waals surface area contributed by atoms with Gasteiger partial charge >= 0.3 is 0 Å². The van der Waals surface area contributed by atoms with Gasteiger partial charge < -0.3 is 15.3 Å². The Bertz CT molecular complexity index is 1120. The summed E-state index contributed by atoms with van der Waals surface area (Å²) >= 11 is 0. The average molecular weight is 441 g/mol. The maximum absolute atomic E-state index is 9.87. The van der Waals surface area contributed by atoms with Crippen LogP contribution in [0, 0.1) is 11.8 Å². The van der Waals surface area contributed by atoms with Crippen molar-refractivity contribution in [3.63, 3.8) is 0 Å². The smallest absolute Gasteiger partial charge is 0.115 e. The largest absolute Gasteiger partial charge is 0.508 e. The molecule has 3 nitrogen and oxygen atoms in total. The van der Waals surface area contributed by atoms with E-state index in [0.717, 1.165) is 16.7 Å². The maximum Gasteiger partial charge on any atom is 0.115 e. The van der Waals surface area contributed by atoms with Crippen molar-refractivity contribution in [1.29, 1.82) is 0 Å². The third-order valence-electron chi connectivity index (χ3n) is 7.40. The molecule has 0 aromatic heterocycles. The van der Waals surface area contributed by atoms with E-state index in [1.165, 1.54) is 5.57 Å². The molecule has 0 radical (unpaired) electrons. The van der Waals surface area contributed by atoms with Crippen molar-refractivity contribution >= 4 is 0 Å².